The van der Waals surface area contributed by atoms with Gasteiger partial charge in [-0.05, 0) is 30.5 Å². The molecule has 1 N–H and O–H groups in total. The van der Waals surface area contributed by atoms with E-state index < -0.39 is 0 Å². The van der Waals surface area contributed by atoms with E-state index in [1.54, 1.807) is 6.07 Å². The highest BCUT2D eigenvalue weighted by atomic mass is 16.5. The minimum Gasteiger partial charge on any atom is -0.490 e. The van der Waals surface area contributed by atoms with Gasteiger partial charge < -0.3 is 14.5 Å². The van der Waals surface area contributed by atoms with Gasteiger partial charge >= 0.3 is 0 Å². The molecule has 1 aromatic heterocycles. The largest absolute Gasteiger partial charge is 0.490 e. The molecule has 0 bridgehead atoms. The molecule has 4 aromatic rings. The molecule has 0 fully saturated rings. The van der Waals surface area contributed by atoms with Crippen LogP contribution in [0.3, 0.4) is 0 Å². The summed E-state index contributed by atoms with van der Waals surface area (Å²) in [6.07, 6.45) is 0. The van der Waals surface area contributed by atoms with Crippen LogP contribution in [0.4, 0.5) is 5.69 Å². The number of fused-ring (bicyclic) bond motifs is 2. The van der Waals surface area contributed by atoms with Gasteiger partial charge in [-0.25, -0.2) is 0 Å². The number of ether oxygens (including phenoxy) is 1. The summed E-state index contributed by atoms with van der Waals surface area (Å²) in [5, 5.41) is 5.84. The molecule has 0 saturated carbocycles. The standard InChI is InChI=1S/C21H17NO3/c1-2-24-18-12-6-9-15-13-19(25-20(15)18)21(23)22-17-11-5-8-14-7-3-4-10-16(14)17/h3-13H,2H2,1H3,(H,22,23). The van der Waals surface area contributed by atoms with Gasteiger partial charge in [-0.3, -0.25) is 4.79 Å². The number of furan rings is 1. The fourth-order valence-corrected chi connectivity index (χ4v) is 2.94. The van der Waals surface area contributed by atoms with Crippen molar-refractivity contribution in [3.63, 3.8) is 0 Å². The molecule has 0 aliphatic heterocycles. The first-order valence-corrected chi connectivity index (χ1v) is 8.21. The summed E-state index contributed by atoms with van der Waals surface area (Å²) in [5.74, 6) is 0.620. The lowest BCUT2D eigenvalue weighted by Gasteiger charge is -2.07. The molecule has 0 aliphatic carbocycles. The molecule has 0 atom stereocenters. The van der Waals surface area contributed by atoms with Gasteiger partial charge in [0, 0.05) is 16.5 Å². The number of carbonyl (C=O) groups excluding carboxylic acids is 1. The van der Waals surface area contributed by atoms with E-state index in [4.69, 9.17) is 9.15 Å². The Labute approximate surface area is 145 Å². The zero-order valence-corrected chi connectivity index (χ0v) is 13.8. The summed E-state index contributed by atoms with van der Waals surface area (Å²) in [6.45, 7) is 2.45. The summed E-state index contributed by atoms with van der Waals surface area (Å²) in [6, 6.07) is 21.1. The number of hydrogen-bond acceptors (Lipinski definition) is 3. The average Bonchev–Trinajstić information content (AvgIpc) is 3.08. The highest BCUT2D eigenvalue weighted by Crippen LogP contribution is 2.30. The average molecular weight is 331 g/mol. The summed E-state index contributed by atoms with van der Waals surface area (Å²) in [7, 11) is 0. The smallest absolute Gasteiger partial charge is 0.291 e. The van der Waals surface area contributed by atoms with E-state index in [2.05, 4.69) is 5.32 Å². The highest BCUT2D eigenvalue weighted by Gasteiger charge is 2.16. The van der Waals surface area contributed by atoms with Crippen LogP contribution in [0.5, 0.6) is 5.75 Å². The van der Waals surface area contributed by atoms with Gasteiger partial charge in [0.2, 0.25) is 0 Å². The molecule has 0 aliphatic rings. The molecule has 4 nitrogen and oxygen atoms in total. The molecular weight excluding hydrogens is 314 g/mol. The van der Waals surface area contributed by atoms with Gasteiger partial charge in [0.25, 0.3) is 5.91 Å². The second-order valence-electron chi connectivity index (χ2n) is 5.70. The SMILES string of the molecule is CCOc1cccc2cc(C(=O)Nc3cccc4ccccc34)oc12. The minimum absolute atomic E-state index is 0.259. The van der Waals surface area contributed by atoms with Crippen LogP contribution in [0.2, 0.25) is 0 Å². The van der Waals surface area contributed by atoms with Crippen LogP contribution in [0.25, 0.3) is 21.7 Å². The van der Waals surface area contributed by atoms with E-state index in [-0.39, 0.29) is 11.7 Å². The number of carbonyl (C=O) groups is 1. The number of rotatable bonds is 4. The van der Waals surface area contributed by atoms with E-state index in [9.17, 15) is 4.79 Å². The molecule has 25 heavy (non-hydrogen) atoms. The van der Waals surface area contributed by atoms with Crippen molar-refractivity contribution < 1.29 is 13.9 Å². The van der Waals surface area contributed by atoms with Crippen molar-refractivity contribution in [3.05, 3.63) is 72.5 Å². The predicted molar refractivity (Wildman–Crippen MR) is 99.3 cm³/mol. The third-order valence-corrected chi connectivity index (χ3v) is 4.07. The fourth-order valence-electron chi connectivity index (χ4n) is 2.94. The summed E-state index contributed by atoms with van der Waals surface area (Å²) < 4.78 is 11.3. The number of hydrogen-bond donors (Lipinski definition) is 1. The molecule has 4 rings (SSSR count). The predicted octanol–water partition coefficient (Wildman–Crippen LogP) is 5.24. The van der Waals surface area contributed by atoms with Gasteiger partial charge in [0.05, 0.1) is 6.61 Å². The second-order valence-corrected chi connectivity index (χ2v) is 5.70. The lowest BCUT2D eigenvalue weighted by molar-refractivity contribution is 0.0998. The van der Waals surface area contributed by atoms with Crippen LogP contribution in [0, 0.1) is 0 Å². The number of anilines is 1. The van der Waals surface area contributed by atoms with E-state index in [0.29, 0.717) is 17.9 Å². The Balaban J connectivity index is 1.69. The van der Waals surface area contributed by atoms with Gasteiger partial charge in [-0.1, -0.05) is 48.5 Å². The zero-order valence-electron chi connectivity index (χ0n) is 13.8. The van der Waals surface area contributed by atoms with Crippen LogP contribution in [0.1, 0.15) is 17.5 Å². The number of para-hydroxylation sites is 1. The molecule has 0 saturated heterocycles. The van der Waals surface area contributed by atoms with Crippen molar-refractivity contribution >= 4 is 33.3 Å². The van der Waals surface area contributed by atoms with Crippen molar-refractivity contribution in [2.75, 3.05) is 11.9 Å². The van der Waals surface area contributed by atoms with Crippen molar-refractivity contribution in [1.29, 1.82) is 0 Å². The number of benzene rings is 3. The third kappa shape index (κ3) is 2.83. The van der Waals surface area contributed by atoms with E-state index in [1.165, 1.54) is 0 Å². The highest BCUT2D eigenvalue weighted by molar-refractivity contribution is 6.09. The van der Waals surface area contributed by atoms with Crippen molar-refractivity contribution in [1.82, 2.24) is 0 Å². The van der Waals surface area contributed by atoms with Crippen LogP contribution < -0.4 is 10.1 Å². The summed E-state index contributed by atoms with van der Waals surface area (Å²) in [4.78, 5) is 12.7. The molecule has 1 amide bonds. The first-order valence-electron chi connectivity index (χ1n) is 8.21. The topological polar surface area (TPSA) is 51.5 Å². The van der Waals surface area contributed by atoms with Crippen molar-refractivity contribution in [2.24, 2.45) is 0 Å². The quantitative estimate of drug-likeness (QED) is 0.556. The third-order valence-electron chi connectivity index (χ3n) is 4.07. The van der Waals surface area contributed by atoms with Gasteiger partial charge in [-0.15, -0.1) is 0 Å². The molecule has 0 radical (unpaired) electrons. The van der Waals surface area contributed by atoms with Crippen LogP contribution in [-0.2, 0) is 0 Å². The normalized spacial score (nSPS) is 10.9. The van der Waals surface area contributed by atoms with Gasteiger partial charge in [0.1, 0.15) is 0 Å². The second kappa shape index (κ2) is 6.32. The first kappa shape index (κ1) is 15.3. The van der Waals surface area contributed by atoms with Crippen molar-refractivity contribution in [3.8, 4) is 5.75 Å². The maximum atomic E-state index is 12.7. The molecule has 4 heteroatoms. The van der Waals surface area contributed by atoms with E-state index >= 15 is 0 Å². The fraction of sp³-hybridized carbons (Fsp3) is 0.0952. The molecule has 1 heterocycles. The molecule has 0 unspecified atom stereocenters. The number of amides is 1. The Bertz CT molecular complexity index is 1060. The van der Waals surface area contributed by atoms with E-state index in [0.717, 1.165) is 21.8 Å². The summed E-state index contributed by atoms with van der Waals surface area (Å²) >= 11 is 0. The Kier molecular flexibility index (Phi) is 3.86. The first-order chi connectivity index (χ1) is 12.3. The zero-order chi connectivity index (χ0) is 17.2. The molecule has 124 valence electrons. The Hall–Kier alpha value is -3.27. The van der Waals surface area contributed by atoms with Crippen LogP contribution >= 0.6 is 0 Å². The van der Waals surface area contributed by atoms with Crippen LogP contribution in [0.15, 0.2) is 71.1 Å². The van der Waals surface area contributed by atoms with Gasteiger partial charge in [0.15, 0.2) is 17.1 Å². The monoisotopic (exact) mass is 331 g/mol. The van der Waals surface area contributed by atoms with Gasteiger partial charge in [-0.2, -0.15) is 0 Å². The molecule has 3 aromatic carbocycles. The van der Waals surface area contributed by atoms with Crippen LogP contribution in [-0.4, -0.2) is 12.5 Å². The molecule has 0 spiro atoms. The Morgan fingerprint density at radius 1 is 1.00 bits per heavy atom. The molecular formula is C21H17NO3. The van der Waals surface area contributed by atoms with E-state index in [1.807, 2.05) is 67.6 Å². The Morgan fingerprint density at radius 3 is 2.64 bits per heavy atom. The lowest BCUT2D eigenvalue weighted by Crippen LogP contribution is -2.11. The Morgan fingerprint density at radius 2 is 1.76 bits per heavy atom. The summed E-state index contributed by atoms with van der Waals surface area (Å²) in [5.41, 5.74) is 1.35. The maximum absolute atomic E-state index is 12.7. The minimum atomic E-state index is -0.282. The number of nitrogens with one attached hydrogen (secondary N) is 1. The van der Waals surface area contributed by atoms with Crippen molar-refractivity contribution in [2.45, 2.75) is 6.92 Å². The maximum Gasteiger partial charge on any atom is 0.291 e. The lowest BCUT2D eigenvalue weighted by atomic mass is 10.1.